The van der Waals surface area contributed by atoms with Crippen molar-refractivity contribution in [3.8, 4) is 0 Å². The van der Waals surface area contributed by atoms with E-state index in [0.29, 0.717) is 10.5 Å². The number of rotatable bonds is 5. The first kappa shape index (κ1) is 22.5. The van der Waals surface area contributed by atoms with E-state index in [1.54, 1.807) is 0 Å². The van der Waals surface area contributed by atoms with Crippen molar-refractivity contribution in [3.05, 3.63) is 59.8 Å². The SMILES string of the molecule is O=C(CSC(=S)N1CCN(Cc2ccccc2)CC1)Nc1ccc(C(F)(F)F)cn1. The third-order valence-corrected chi connectivity index (χ3v) is 6.09. The number of thiocarbonyl (C=S) groups is 1. The summed E-state index contributed by atoms with van der Waals surface area (Å²) in [5, 5.41) is 2.49. The maximum Gasteiger partial charge on any atom is 0.417 e. The predicted molar refractivity (Wildman–Crippen MR) is 116 cm³/mol. The molecule has 1 amide bonds. The zero-order valence-electron chi connectivity index (χ0n) is 16.1. The van der Waals surface area contributed by atoms with Gasteiger partial charge in [-0.3, -0.25) is 9.69 Å². The molecule has 5 nitrogen and oxygen atoms in total. The van der Waals surface area contributed by atoms with E-state index in [1.165, 1.54) is 17.3 Å². The first-order valence-corrected chi connectivity index (χ1v) is 10.7. The molecule has 0 saturated carbocycles. The van der Waals surface area contributed by atoms with Crippen molar-refractivity contribution in [1.29, 1.82) is 0 Å². The Kier molecular flexibility index (Phi) is 7.68. The van der Waals surface area contributed by atoms with Crippen LogP contribution in [0.25, 0.3) is 0 Å². The number of carbonyl (C=O) groups is 1. The van der Waals surface area contributed by atoms with Crippen LogP contribution < -0.4 is 5.32 Å². The van der Waals surface area contributed by atoms with Crippen molar-refractivity contribution in [1.82, 2.24) is 14.8 Å². The molecule has 1 saturated heterocycles. The van der Waals surface area contributed by atoms with Crippen molar-refractivity contribution >= 4 is 40.0 Å². The minimum absolute atomic E-state index is 0.0752. The lowest BCUT2D eigenvalue weighted by Crippen LogP contribution is -2.47. The number of nitrogens with zero attached hydrogens (tertiary/aromatic N) is 3. The molecule has 0 unspecified atom stereocenters. The molecule has 0 bridgehead atoms. The van der Waals surface area contributed by atoms with Crippen LogP contribution in [0.1, 0.15) is 11.1 Å². The van der Waals surface area contributed by atoms with Crippen LogP contribution in [0.2, 0.25) is 0 Å². The highest BCUT2D eigenvalue weighted by Gasteiger charge is 2.30. The average Bonchev–Trinajstić information content (AvgIpc) is 2.73. The fourth-order valence-electron chi connectivity index (χ4n) is 2.96. The van der Waals surface area contributed by atoms with Crippen LogP contribution in [0, 0.1) is 0 Å². The first-order valence-electron chi connectivity index (χ1n) is 9.32. The van der Waals surface area contributed by atoms with E-state index in [-0.39, 0.29) is 17.5 Å². The fourth-order valence-corrected chi connectivity index (χ4v) is 4.01. The van der Waals surface area contributed by atoms with E-state index in [9.17, 15) is 18.0 Å². The number of aromatic nitrogens is 1. The van der Waals surface area contributed by atoms with Gasteiger partial charge in [-0.1, -0.05) is 54.3 Å². The summed E-state index contributed by atoms with van der Waals surface area (Å²) in [6, 6.07) is 12.3. The van der Waals surface area contributed by atoms with Gasteiger partial charge in [-0.25, -0.2) is 4.98 Å². The lowest BCUT2D eigenvalue weighted by molar-refractivity contribution is -0.137. The van der Waals surface area contributed by atoms with Crippen LogP contribution in [-0.2, 0) is 17.5 Å². The minimum Gasteiger partial charge on any atom is -0.355 e. The van der Waals surface area contributed by atoms with E-state index >= 15 is 0 Å². The molecule has 1 aliphatic heterocycles. The highest BCUT2D eigenvalue weighted by molar-refractivity contribution is 8.23. The summed E-state index contributed by atoms with van der Waals surface area (Å²) >= 11 is 6.68. The predicted octanol–water partition coefficient (Wildman–Crippen LogP) is 3.87. The molecule has 1 fully saturated rings. The molecule has 1 aromatic heterocycles. The maximum absolute atomic E-state index is 12.5. The molecule has 160 valence electrons. The largest absolute Gasteiger partial charge is 0.417 e. The van der Waals surface area contributed by atoms with Crippen LogP contribution in [0.5, 0.6) is 0 Å². The second-order valence-electron chi connectivity index (χ2n) is 6.78. The number of nitrogens with one attached hydrogen (secondary N) is 1. The normalized spacial score (nSPS) is 15.1. The van der Waals surface area contributed by atoms with Gasteiger partial charge in [-0.2, -0.15) is 13.2 Å². The van der Waals surface area contributed by atoms with Gasteiger partial charge in [-0.15, -0.1) is 0 Å². The van der Waals surface area contributed by atoms with E-state index in [2.05, 4.69) is 32.2 Å². The van der Waals surface area contributed by atoms with Crippen LogP contribution in [-0.4, -0.2) is 56.9 Å². The lowest BCUT2D eigenvalue weighted by Gasteiger charge is -2.35. The zero-order valence-corrected chi connectivity index (χ0v) is 17.7. The van der Waals surface area contributed by atoms with Gasteiger partial charge in [0.25, 0.3) is 0 Å². The number of anilines is 1. The molecule has 1 aromatic carbocycles. The Morgan fingerprint density at radius 1 is 1.10 bits per heavy atom. The summed E-state index contributed by atoms with van der Waals surface area (Å²) in [5.74, 6) is -0.211. The Morgan fingerprint density at radius 2 is 1.80 bits per heavy atom. The average molecular weight is 455 g/mol. The van der Waals surface area contributed by atoms with Crippen LogP contribution in [0.3, 0.4) is 0 Å². The van der Waals surface area contributed by atoms with Crippen molar-refractivity contribution in [2.75, 3.05) is 37.2 Å². The molecule has 10 heteroatoms. The molecule has 2 heterocycles. The van der Waals surface area contributed by atoms with Crippen molar-refractivity contribution in [2.45, 2.75) is 12.7 Å². The summed E-state index contributed by atoms with van der Waals surface area (Å²) in [4.78, 5) is 20.1. The summed E-state index contributed by atoms with van der Waals surface area (Å²) in [5.41, 5.74) is 0.416. The number of pyridine rings is 1. The number of piperazine rings is 1. The summed E-state index contributed by atoms with van der Waals surface area (Å²) in [7, 11) is 0. The number of hydrogen-bond acceptors (Lipinski definition) is 5. The molecule has 0 atom stereocenters. The number of thioether (sulfide) groups is 1. The smallest absolute Gasteiger partial charge is 0.355 e. The molecule has 3 rings (SSSR count). The van der Waals surface area contributed by atoms with Crippen LogP contribution in [0.15, 0.2) is 48.7 Å². The Bertz CT molecular complexity index is 855. The number of benzene rings is 1. The molecular formula is C20H21F3N4OS2. The molecule has 1 N–H and O–H groups in total. The second kappa shape index (κ2) is 10.2. The van der Waals surface area contributed by atoms with Gasteiger partial charge in [0.2, 0.25) is 5.91 Å². The summed E-state index contributed by atoms with van der Waals surface area (Å²) in [6.07, 6.45) is -3.76. The number of hydrogen-bond donors (Lipinski definition) is 1. The molecule has 2 aromatic rings. The van der Waals surface area contributed by atoms with Gasteiger partial charge in [0.05, 0.1) is 11.3 Å². The van der Waals surface area contributed by atoms with Gasteiger partial charge in [0.1, 0.15) is 10.1 Å². The molecule has 0 spiro atoms. The minimum atomic E-state index is -4.46. The molecule has 0 aliphatic carbocycles. The monoisotopic (exact) mass is 454 g/mol. The molecule has 1 aliphatic rings. The van der Waals surface area contributed by atoms with Crippen LogP contribution >= 0.6 is 24.0 Å². The number of halogens is 3. The fraction of sp³-hybridized carbons (Fsp3) is 0.350. The number of amides is 1. The number of alkyl halides is 3. The van der Waals surface area contributed by atoms with Gasteiger partial charge in [-0.05, 0) is 17.7 Å². The summed E-state index contributed by atoms with van der Waals surface area (Å²) < 4.78 is 38.3. The highest BCUT2D eigenvalue weighted by Crippen LogP contribution is 2.28. The van der Waals surface area contributed by atoms with E-state index in [4.69, 9.17) is 12.2 Å². The van der Waals surface area contributed by atoms with Gasteiger partial charge < -0.3 is 10.2 Å². The van der Waals surface area contributed by atoms with Crippen LogP contribution in [0.4, 0.5) is 19.0 Å². The Morgan fingerprint density at radius 3 is 2.40 bits per heavy atom. The van der Waals surface area contributed by atoms with Crippen molar-refractivity contribution in [3.63, 3.8) is 0 Å². The third-order valence-electron chi connectivity index (χ3n) is 4.56. The Balaban J connectivity index is 1.38. The number of carbonyl (C=O) groups excluding carboxylic acids is 1. The van der Waals surface area contributed by atoms with Crippen molar-refractivity contribution in [2.24, 2.45) is 0 Å². The zero-order chi connectivity index (χ0) is 21.6. The highest BCUT2D eigenvalue weighted by atomic mass is 32.2. The van der Waals surface area contributed by atoms with Gasteiger partial charge >= 0.3 is 6.18 Å². The Labute approximate surface area is 182 Å². The molecular weight excluding hydrogens is 433 g/mol. The summed E-state index contributed by atoms with van der Waals surface area (Å²) in [6.45, 7) is 4.26. The Hall–Kier alpha value is -2.17. The third kappa shape index (κ3) is 6.68. The van der Waals surface area contributed by atoms with E-state index in [1.807, 2.05) is 18.2 Å². The van der Waals surface area contributed by atoms with Crippen molar-refractivity contribution < 1.29 is 18.0 Å². The first-order chi connectivity index (χ1) is 14.3. The topological polar surface area (TPSA) is 48.5 Å². The van der Waals surface area contributed by atoms with Gasteiger partial charge in [0.15, 0.2) is 0 Å². The molecule has 0 radical (unpaired) electrons. The van der Waals surface area contributed by atoms with E-state index in [0.717, 1.165) is 44.9 Å². The maximum atomic E-state index is 12.5. The van der Waals surface area contributed by atoms with Gasteiger partial charge in [0, 0.05) is 38.9 Å². The lowest BCUT2D eigenvalue weighted by atomic mass is 10.2. The quantitative estimate of drug-likeness (QED) is 0.692. The van der Waals surface area contributed by atoms with E-state index < -0.39 is 11.7 Å². The second-order valence-corrected chi connectivity index (χ2v) is 8.39. The standard InChI is InChI=1S/C20H21F3N4OS2/c21-20(22,23)16-6-7-17(24-12-16)25-18(28)14-30-19(29)27-10-8-26(9-11-27)13-15-4-2-1-3-5-15/h1-7,12H,8-11,13-14H2,(H,24,25,28). The molecule has 30 heavy (non-hydrogen) atoms.